The van der Waals surface area contributed by atoms with Gasteiger partial charge < -0.3 is 9.47 Å². The third-order valence-electron chi connectivity index (χ3n) is 4.29. The molecule has 0 radical (unpaired) electrons. The molecule has 0 fully saturated rings. The predicted molar refractivity (Wildman–Crippen MR) is 112 cm³/mol. The van der Waals surface area contributed by atoms with Crippen molar-refractivity contribution in [1.82, 2.24) is 0 Å². The van der Waals surface area contributed by atoms with Gasteiger partial charge in [-0.1, -0.05) is 46.9 Å². The summed E-state index contributed by atoms with van der Waals surface area (Å²) in [4.78, 5) is 12.6. The number of carbonyl (C=O) groups is 1. The molecule has 0 N–H and O–H groups in total. The molecule has 0 bridgehead atoms. The topological polar surface area (TPSA) is 35.5 Å². The van der Waals surface area contributed by atoms with Gasteiger partial charge in [0.15, 0.2) is 5.76 Å². The average molecular weight is 450 g/mol. The molecule has 4 rings (SSSR count). The minimum atomic E-state index is -0.413. The van der Waals surface area contributed by atoms with E-state index in [2.05, 4.69) is 0 Å². The summed E-state index contributed by atoms with van der Waals surface area (Å²) < 4.78 is 24.6. The van der Waals surface area contributed by atoms with Gasteiger partial charge in [-0.05, 0) is 48.0 Å². The van der Waals surface area contributed by atoms with Crippen LogP contribution in [-0.2, 0) is 6.61 Å². The molecule has 0 saturated heterocycles. The second-order valence-electron chi connectivity index (χ2n) is 6.30. The van der Waals surface area contributed by atoms with Gasteiger partial charge in [-0.25, -0.2) is 4.39 Å². The number of fused-ring (bicyclic) bond motifs is 1. The molecule has 29 heavy (non-hydrogen) atoms. The van der Waals surface area contributed by atoms with E-state index in [0.29, 0.717) is 38.2 Å². The SMILES string of the molecule is O=C1C(=Cc2ccc(Cl)c(Cl)c2)Oc2cc(OCc3ccc(F)cc3Cl)ccc21. The Labute approximate surface area is 181 Å². The Kier molecular flexibility index (Phi) is 5.50. The van der Waals surface area contributed by atoms with E-state index in [9.17, 15) is 9.18 Å². The van der Waals surface area contributed by atoms with Gasteiger partial charge in [-0.3, -0.25) is 4.79 Å². The van der Waals surface area contributed by atoms with E-state index >= 15 is 0 Å². The number of rotatable bonds is 4. The van der Waals surface area contributed by atoms with Crippen LogP contribution in [-0.4, -0.2) is 5.78 Å². The third kappa shape index (κ3) is 4.25. The summed E-state index contributed by atoms with van der Waals surface area (Å²) in [5.74, 6) is 0.414. The van der Waals surface area contributed by atoms with E-state index in [0.717, 1.165) is 0 Å². The van der Waals surface area contributed by atoms with Crippen molar-refractivity contribution >= 4 is 46.7 Å². The summed E-state index contributed by atoms with van der Waals surface area (Å²) in [5, 5.41) is 1.10. The average Bonchev–Trinajstić information content (AvgIpc) is 2.99. The van der Waals surface area contributed by atoms with Gasteiger partial charge in [0.25, 0.3) is 0 Å². The lowest BCUT2D eigenvalue weighted by Crippen LogP contribution is -1.98. The summed E-state index contributed by atoms with van der Waals surface area (Å²) >= 11 is 17.9. The van der Waals surface area contributed by atoms with Crippen LogP contribution in [0.25, 0.3) is 6.08 Å². The minimum absolute atomic E-state index is 0.151. The zero-order valence-corrected chi connectivity index (χ0v) is 17.0. The van der Waals surface area contributed by atoms with Crippen molar-refractivity contribution < 1.29 is 18.7 Å². The molecule has 0 aromatic heterocycles. The summed E-state index contributed by atoms with van der Waals surface area (Å²) in [7, 11) is 0. The van der Waals surface area contributed by atoms with Gasteiger partial charge in [-0.15, -0.1) is 0 Å². The molecule has 0 spiro atoms. The van der Waals surface area contributed by atoms with Crippen molar-refractivity contribution in [2.75, 3.05) is 0 Å². The normalized spacial score (nSPS) is 14.1. The highest BCUT2D eigenvalue weighted by Crippen LogP contribution is 2.35. The molecule has 7 heteroatoms. The maximum atomic E-state index is 13.1. The molecule has 0 aliphatic carbocycles. The van der Waals surface area contributed by atoms with Crippen LogP contribution in [0.4, 0.5) is 4.39 Å². The first kappa shape index (κ1) is 19.8. The Morgan fingerprint density at radius 2 is 1.76 bits per heavy atom. The molecular formula is C22H12Cl3FO3. The van der Waals surface area contributed by atoms with E-state index in [1.807, 2.05) is 0 Å². The number of ketones is 1. The smallest absolute Gasteiger partial charge is 0.231 e. The Morgan fingerprint density at radius 1 is 0.931 bits per heavy atom. The number of hydrogen-bond donors (Lipinski definition) is 0. The molecule has 0 amide bonds. The van der Waals surface area contributed by atoms with Gasteiger partial charge in [0.1, 0.15) is 23.9 Å². The van der Waals surface area contributed by atoms with Gasteiger partial charge >= 0.3 is 0 Å². The number of allylic oxidation sites excluding steroid dienone is 1. The summed E-state index contributed by atoms with van der Waals surface area (Å²) in [5.41, 5.74) is 1.77. The fourth-order valence-electron chi connectivity index (χ4n) is 2.81. The Bertz CT molecular complexity index is 1160. The molecular weight excluding hydrogens is 438 g/mol. The predicted octanol–water partition coefficient (Wildman–Crippen LogP) is 6.98. The fraction of sp³-hybridized carbons (Fsp3) is 0.0455. The minimum Gasteiger partial charge on any atom is -0.489 e. The quantitative estimate of drug-likeness (QED) is 0.403. The fourth-order valence-corrected chi connectivity index (χ4v) is 3.34. The second kappa shape index (κ2) is 8.07. The van der Waals surface area contributed by atoms with Gasteiger partial charge in [0, 0.05) is 11.6 Å². The number of ether oxygens (including phenoxy) is 2. The van der Waals surface area contributed by atoms with Crippen molar-refractivity contribution in [3.05, 3.63) is 97.9 Å². The zero-order chi connectivity index (χ0) is 20.5. The van der Waals surface area contributed by atoms with Gasteiger partial charge in [-0.2, -0.15) is 0 Å². The highest BCUT2D eigenvalue weighted by Gasteiger charge is 2.27. The van der Waals surface area contributed by atoms with Crippen LogP contribution in [0.1, 0.15) is 21.5 Å². The van der Waals surface area contributed by atoms with Crippen LogP contribution in [0, 0.1) is 5.82 Å². The first-order chi connectivity index (χ1) is 13.9. The maximum absolute atomic E-state index is 13.1. The van der Waals surface area contributed by atoms with E-state index in [1.54, 1.807) is 48.5 Å². The summed E-state index contributed by atoms with van der Waals surface area (Å²) in [6.07, 6.45) is 1.60. The molecule has 1 heterocycles. The van der Waals surface area contributed by atoms with E-state index < -0.39 is 5.82 Å². The van der Waals surface area contributed by atoms with Crippen molar-refractivity contribution in [1.29, 1.82) is 0 Å². The largest absolute Gasteiger partial charge is 0.489 e. The molecule has 3 nitrogen and oxygen atoms in total. The van der Waals surface area contributed by atoms with Crippen LogP contribution in [0.5, 0.6) is 11.5 Å². The van der Waals surface area contributed by atoms with Crippen LogP contribution < -0.4 is 9.47 Å². The van der Waals surface area contributed by atoms with Crippen LogP contribution in [0.15, 0.2) is 60.4 Å². The monoisotopic (exact) mass is 448 g/mol. The van der Waals surface area contributed by atoms with Crippen molar-refractivity contribution in [2.45, 2.75) is 6.61 Å². The van der Waals surface area contributed by atoms with Crippen LogP contribution in [0.3, 0.4) is 0 Å². The lowest BCUT2D eigenvalue weighted by atomic mass is 10.1. The van der Waals surface area contributed by atoms with Crippen molar-refractivity contribution in [2.24, 2.45) is 0 Å². The van der Waals surface area contributed by atoms with E-state index in [4.69, 9.17) is 44.3 Å². The standard InChI is InChI=1S/C22H12Cl3FO3/c23-17-6-1-12(7-19(17)25)8-21-22(27)16-5-4-15(10-20(16)29-21)28-11-13-2-3-14(26)9-18(13)24/h1-10H,11H2. The first-order valence-electron chi connectivity index (χ1n) is 8.51. The molecule has 0 unspecified atom stereocenters. The molecule has 146 valence electrons. The molecule has 1 aliphatic rings. The lowest BCUT2D eigenvalue weighted by molar-refractivity contribution is 0.101. The number of carbonyl (C=O) groups excluding carboxylic acids is 1. The highest BCUT2D eigenvalue weighted by molar-refractivity contribution is 6.42. The lowest BCUT2D eigenvalue weighted by Gasteiger charge is -2.08. The van der Waals surface area contributed by atoms with Gasteiger partial charge in [0.05, 0.1) is 20.6 Å². The Balaban J connectivity index is 1.52. The Morgan fingerprint density at radius 3 is 2.52 bits per heavy atom. The maximum Gasteiger partial charge on any atom is 0.231 e. The van der Waals surface area contributed by atoms with Gasteiger partial charge in [0.2, 0.25) is 5.78 Å². The first-order valence-corrected chi connectivity index (χ1v) is 9.64. The molecule has 0 saturated carbocycles. The summed E-state index contributed by atoms with van der Waals surface area (Å²) in [6.45, 7) is 0.151. The number of benzene rings is 3. The number of halogens is 4. The van der Waals surface area contributed by atoms with Crippen LogP contribution >= 0.6 is 34.8 Å². The highest BCUT2D eigenvalue weighted by atomic mass is 35.5. The van der Waals surface area contributed by atoms with E-state index in [-0.39, 0.29) is 23.2 Å². The number of hydrogen-bond acceptors (Lipinski definition) is 3. The van der Waals surface area contributed by atoms with Crippen molar-refractivity contribution in [3.63, 3.8) is 0 Å². The molecule has 3 aromatic rings. The van der Waals surface area contributed by atoms with E-state index in [1.165, 1.54) is 12.1 Å². The molecule has 0 atom stereocenters. The zero-order valence-electron chi connectivity index (χ0n) is 14.7. The molecule has 1 aliphatic heterocycles. The second-order valence-corrected chi connectivity index (χ2v) is 7.52. The Hall–Kier alpha value is -2.53. The number of Topliss-reactive ketones (excluding diaryl/α,β-unsaturated/α-hetero) is 1. The molecule has 3 aromatic carbocycles. The van der Waals surface area contributed by atoms with Crippen LogP contribution in [0.2, 0.25) is 15.1 Å². The summed E-state index contributed by atoms with van der Waals surface area (Å²) in [6, 6.07) is 14.1. The van der Waals surface area contributed by atoms with Crippen molar-refractivity contribution in [3.8, 4) is 11.5 Å². The third-order valence-corrected chi connectivity index (χ3v) is 5.38.